The molecular formula is C15H15FN2O3S2. The Morgan fingerprint density at radius 2 is 1.70 bits per heavy atom. The molecule has 1 amide bonds. The molecule has 0 unspecified atom stereocenters. The van der Waals surface area contributed by atoms with Gasteiger partial charge >= 0.3 is 0 Å². The third-order valence-electron chi connectivity index (χ3n) is 2.95. The van der Waals surface area contributed by atoms with E-state index >= 15 is 0 Å². The predicted molar refractivity (Wildman–Crippen MR) is 88.2 cm³/mol. The molecule has 0 aliphatic rings. The fraction of sp³-hybridized carbons (Fsp3) is 0.133. The molecule has 8 heteroatoms. The number of primary sulfonamides is 1. The van der Waals surface area contributed by atoms with Gasteiger partial charge in [0.05, 0.1) is 10.1 Å². The number of amides is 1. The number of nitrogens with two attached hydrogens (primary N) is 1. The average molecular weight is 354 g/mol. The van der Waals surface area contributed by atoms with Crippen LogP contribution in [0.3, 0.4) is 0 Å². The maximum atomic E-state index is 12.8. The Morgan fingerprint density at radius 1 is 1.13 bits per heavy atom. The molecular weight excluding hydrogens is 339 g/mol. The van der Waals surface area contributed by atoms with Crippen LogP contribution in [0.4, 0.5) is 10.1 Å². The summed E-state index contributed by atoms with van der Waals surface area (Å²) in [6.45, 7) is 1.72. The lowest BCUT2D eigenvalue weighted by atomic mass is 10.3. The van der Waals surface area contributed by atoms with Crippen molar-refractivity contribution >= 4 is 33.4 Å². The van der Waals surface area contributed by atoms with Crippen molar-refractivity contribution in [2.75, 3.05) is 5.32 Å². The average Bonchev–Trinajstić information content (AvgIpc) is 2.49. The summed E-state index contributed by atoms with van der Waals surface area (Å²) in [5.74, 6) is -0.580. The Labute approximate surface area is 138 Å². The zero-order valence-corrected chi connectivity index (χ0v) is 13.8. The molecule has 0 spiro atoms. The number of sulfonamides is 1. The normalized spacial score (nSPS) is 12.7. The van der Waals surface area contributed by atoms with Crippen molar-refractivity contribution < 1.29 is 17.6 Å². The number of carbonyl (C=O) groups excluding carboxylic acids is 1. The first kappa shape index (κ1) is 17.5. The fourth-order valence-corrected chi connectivity index (χ4v) is 3.13. The quantitative estimate of drug-likeness (QED) is 0.808. The topological polar surface area (TPSA) is 89.3 Å². The van der Waals surface area contributed by atoms with E-state index in [9.17, 15) is 17.6 Å². The SMILES string of the molecule is C[C@H](Sc1ccc(F)cc1)C(=O)Nc1ccc(S(N)(=O)=O)cc1. The highest BCUT2D eigenvalue weighted by molar-refractivity contribution is 8.00. The third kappa shape index (κ3) is 5.05. The molecule has 2 rings (SSSR count). The lowest BCUT2D eigenvalue weighted by Gasteiger charge is -2.12. The molecule has 0 aliphatic carbocycles. The van der Waals surface area contributed by atoms with E-state index in [-0.39, 0.29) is 16.6 Å². The summed E-state index contributed by atoms with van der Waals surface area (Å²) in [6.07, 6.45) is 0. The van der Waals surface area contributed by atoms with Crippen LogP contribution in [-0.2, 0) is 14.8 Å². The number of halogens is 1. The molecule has 0 heterocycles. The molecule has 2 aromatic carbocycles. The van der Waals surface area contributed by atoms with Gasteiger partial charge in [-0.2, -0.15) is 0 Å². The summed E-state index contributed by atoms with van der Waals surface area (Å²) in [6, 6.07) is 11.4. The van der Waals surface area contributed by atoms with E-state index in [1.807, 2.05) is 0 Å². The molecule has 0 fully saturated rings. The van der Waals surface area contributed by atoms with Crippen molar-refractivity contribution in [3.05, 3.63) is 54.3 Å². The Bertz CT molecular complexity index is 790. The first-order valence-electron chi connectivity index (χ1n) is 6.61. The monoisotopic (exact) mass is 354 g/mol. The lowest BCUT2D eigenvalue weighted by Crippen LogP contribution is -2.22. The van der Waals surface area contributed by atoms with Gasteiger partial charge in [0.15, 0.2) is 0 Å². The number of hydrogen-bond acceptors (Lipinski definition) is 4. The van der Waals surface area contributed by atoms with E-state index in [4.69, 9.17) is 5.14 Å². The smallest absolute Gasteiger partial charge is 0.238 e. The van der Waals surface area contributed by atoms with Crippen molar-refractivity contribution in [1.29, 1.82) is 0 Å². The summed E-state index contributed by atoms with van der Waals surface area (Å²) in [7, 11) is -3.76. The molecule has 2 aromatic rings. The van der Waals surface area contributed by atoms with E-state index in [2.05, 4.69) is 5.32 Å². The minimum absolute atomic E-state index is 0.0239. The van der Waals surface area contributed by atoms with Crippen LogP contribution < -0.4 is 10.5 Å². The predicted octanol–water partition coefficient (Wildman–Crippen LogP) is 2.59. The van der Waals surface area contributed by atoms with Gasteiger partial charge < -0.3 is 5.32 Å². The standard InChI is InChI=1S/C15H15FN2O3S2/c1-10(22-13-6-2-11(16)3-7-13)15(19)18-12-4-8-14(9-5-12)23(17,20)21/h2-10H,1H3,(H,18,19)(H2,17,20,21)/t10-/m0/s1. The molecule has 0 saturated carbocycles. The Hall–Kier alpha value is -1.90. The molecule has 1 atom stereocenters. The lowest BCUT2D eigenvalue weighted by molar-refractivity contribution is -0.115. The third-order valence-corrected chi connectivity index (χ3v) is 4.99. The van der Waals surface area contributed by atoms with Crippen LogP contribution in [0.2, 0.25) is 0 Å². The minimum Gasteiger partial charge on any atom is -0.325 e. The molecule has 0 radical (unpaired) electrons. The number of carbonyl (C=O) groups is 1. The van der Waals surface area contributed by atoms with Gasteiger partial charge in [-0.3, -0.25) is 4.79 Å². The van der Waals surface area contributed by atoms with Crippen LogP contribution in [0.5, 0.6) is 0 Å². The highest BCUT2D eigenvalue weighted by atomic mass is 32.2. The van der Waals surface area contributed by atoms with Gasteiger partial charge in [0.2, 0.25) is 15.9 Å². The molecule has 5 nitrogen and oxygen atoms in total. The highest BCUT2D eigenvalue weighted by Gasteiger charge is 2.15. The van der Waals surface area contributed by atoms with Gasteiger partial charge in [0.25, 0.3) is 0 Å². The van der Waals surface area contributed by atoms with Crippen molar-refractivity contribution in [3.8, 4) is 0 Å². The van der Waals surface area contributed by atoms with Crippen LogP contribution >= 0.6 is 11.8 Å². The van der Waals surface area contributed by atoms with E-state index in [0.29, 0.717) is 5.69 Å². The Morgan fingerprint density at radius 3 is 2.22 bits per heavy atom. The molecule has 0 aromatic heterocycles. The number of hydrogen-bond donors (Lipinski definition) is 2. The molecule has 0 aliphatic heterocycles. The van der Waals surface area contributed by atoms with Gasteiger partial charge in [-0.05, 0) is 55.5 Å². The van der Waals surface area contributed by atoms with Gasteiger partial charge in [0.1, 0.15) is 5.82 Å². The van der Waals surface area contributed by atoms with Gasteiger partial charge in [-0.15, -0.1) is 11.8 Å². The summed E-state index contributed by atoms with van der Waals surface area (Å²) < 4.78 is 35.2. The number of thioether (sulfide) groups is 1. The molecule has 0 saturated heterocycles. The largest absolute Gasteiger partial charge is 0.325 e. The van der Waals surface area contributed by atoms with Crippen LogP contribution in [0, 0.1) is 5.82 Å². The van der Waals surface area contributed by atoms with Crippen LogP contribution in [-0.4, -0.2) is 19.6 Å². The molecule has 122 valence electrons. The summed E-state index contributed by atoms with van der Waals surface area (Å²) in [5.41, 5.74) is 0.467. The van der Waals surface area contributed by atoms with Crippen LogP contribution in [0.25, 0.3) is 0 Å². The van der Waals surface area contributed by atoms with Crippen molar-refractivity contribution in [2.24, 2.45) is 5.14 Å². The zero-order chi connectivity index (χ0) is 17.0. The number of nitrogens with one attached hydrogen (secondary N) is 1. The number of benzene rings is 2. The van der Waals surface area contributed by atoms with E-state index in [1.54, 1.807) is 19.1 Å². The second kappa shape index (κ2) is 7.12. The summed E-state index contributed by atoms with van der Waals surface area (Å²) in [4.78, 5) is 12.9. The van der Waals surface area contributed by atoms with Gasteiger partial charge in [-0.25, -0.2) is 17.9 Å². The van der Waals surface area contributed by atoms with E-state index in [0.717, 1.165) is 4.90 Å². The van der Waals surface area contributed by atoms with Crippen molar-refractivity contribution in [3.63, 3.8) is 0 Å². The first-order chi connectivity index (χ1) is 10.8. The second-order valence-corrected chi connectivity index (χ2v) is 7.75. The maximum absolute atomic E-state index is 12.8. The fourth-order valence-electron chi connectivity index (χ4n) is 1.74. The van der Waals surface area contributed by atoms with Crippen LogP contribution in [0.1, 0.15) is 6.92 Å². The zero-order valence-electron chi connectivity index (χ0n) is 12.2. The van der Waals surface area contributed by atoms with Crippen molar-refractivity contribution in [2.45, 2.75) is 22.0 Å². The summed E-state index contributed by atoms with van der Waals surface area (Å²) in [5, 5.41) is 7.29. The van der Waals surface area contributed by atoms with Crippen LogP contribution in [0.15, 0.2) is 58.3 Å². The second-order valence-electron chi connectivity index (χ2n) is 4.77. The van der Waals surface area contributed by atoms with Crippen molar-refractivity contribution in [1.82, 2.24) is 0 Å². The maximum Gasteiger partial charge on any atom is 0.238 e. The molecule has 3 N–H and O–H groups in total. The van der Waals surface area contributed by atoms with E-state index in [1.165, 1.54) is 48.2 Å². The molecule has 0 bridgehead atoms. The number of anilines is 1. The summed E-state index contributed by atoms with van der Waals surface area (Å²) >= 11 is 1.29. The Kier molecular flexibility index (Phi) is 5.40. The highest BCUT2D eigenvalue weighted by Crippen LogP contribution is 2.24. The van der Waals surface area contributed by atoms with Gasteiger partial charge in [0, 0.05) is 10.6 Å². The van der Waals surface area contributed by atoms with E-state index < -0.39 is 15.3 Å². The first-order valence-corrected chi connectivity index (χ1v) is 9.04. The minimum atomic E-state index is -3.76. The number of rotatable bonds is 5. The van der Waals surface area contributed by atoms with Gasteiger partial charge in [-0.1, -0.05) is 0 Å². The Balaban J connectivity index is 1.99. The molecule has 23 heavy (non-hydrogen) atoms.